The van der Waals surface area contributed by atoms with Crippen LogP contribution < -0.4 is 0 Å². The summed E-state index contributed by atoms with van der Waals surface area (Å²) in [6.07, 6.45) is 0. The first-order chi connectivity index (χ1) is 24.8. The molecule has 0 spiro atoms. The zero-order valence-electron chi connectivity index (χ0n) is 26.7. The molecule has 7 aromatic carbocycles. The Morgan fingerprint density at radius 3 is 1.34 bits per heavy atom. The Balaban J connectivity index is 1.09. The molecule has 0 saturated heterocycles. The summed E-state index contributed by atoms with van der Waals surface area (Å²) in [5.41, 5.74) is 7.61. The topological polar surface area (TPSA) is 38.7 Å². The van der Waals surface area contributed by atoms with Crippen molar-refractivity contribution in [3.8, 4) is 56.4 Å². The third-order valence-electron chi connectivity index (χ3n) is 9.36. The van der Waals surface area contributed by atoms with E-state index < -0.39 is 0 Å². The van der Waals surface area contributed by atoms with Gasteiger partial charge in [-0.3, -0.25) is 0 Å². The molecule has 0 bridgehead atoms. The molecule has 0 amide bonds. The smallest absolute Gasteiger partial charge is 0.164 e. The third-order valence-corrected chi connectivity index (χ3v) is 11.6. The zero-order chi connectivity index (χ0) is 33.0. The molecule has 0 fully saturated rings. The van der Waals surface area contributed by atoms with Crippen LogP contribution in [0.4, 0.5) is 0 Å². The Labute approximate surface area is 296 Å². The highest BCUT2D eigenvalue weighted by Gasteiger charge is 2.16. The van der Waals surface area contributed by atoms with Gasteiger partial charge >= 0.3 is 0 Å². The lowest BCUT2D eigenvalue weighted by Gasteiger charge is -2.11. The molecule has 0 saturated carbocycles. The van der Waals surface area contributed by atoms with Crippen LogP contribution in [-0.2, 0) is 0 Å². The lowest BCUT2D eigenvalue weighted by Crippen LogP contribution is -2.00. The standard InChI is InChI=1S/C45H27N3S2/c1-2-11-29(12-3-1)43-46-44(30-25-23-28(24-26-30)33-17-9-21-39-41(33)35-15-4-6-19-37(35)49-39)48-45(47-43)32-14-8-13-31(27-32)34-18-10-22-40-42(34)36-16-5-7-20-38(36)50-40/h1-27H. The SMILES string of the molecule is c1ccc(-c2nc(-c3ccc(-c4cccc5sc6ccccc6c45)cc3)nc(-c3cccc(-c4cccc5sc6ccccc6c45)c3)n2)cc1. The molecule has 0 aliphatic heterocycles. The van der Waals surface area contributed by atoms with E-state index in [1.807, 2.05) is 40.9 Å². The van der Waals surface area contributed by atoms with Crippen LogP contribution in [0.3, 0.4) is 0 Å². The molecular weight excluding hydrogens is 647 g/mol. The fourth-order valence-corrected chi connectivity index (χ4v) is 9.27. The Morgan fingerprint density at radius 2 is 0.720 bits per heavy atom. The van der Waals surface area contributed by atoms with Gasteiger partial charge in [0.15, 0.2) is 17.5 Å². The highest BCUT2D eigenvalue weighted by Crippen LogP contribution is 2.42. The molecule has 3 nitrogen and oxygen atoms in total. The van der Waals surface area contributed by atoms with E-state index in [1.165, 1.54) is 57.0 Å². The maximum absolute atomic E-state index is 5.10. The second kappa shape index (κ2) is 11.8. The fourth-order valence-electron chi connectivity index (χ4n) is 7.01. The average molecular weight is 674 g/mol. The van der Waals surface area contributed by atoms with Crippen LogP contribution in [0, 0.1) is 0 Å². The molecule has 50 heavy (non-hydrogen) atoms. The van der Waals surface area contributed by atoms with E-state index in [2.05, 4.69) is 146 Å². The number of aromatic nitrogens is 3. The molecule has 0 aliphatic carbocycles. The number of hydrogen-bond donors (Lipinski definition) is 0. The number of thiophene rings is 2. The van der Waals surface area contributed by atoms with E-state index in [-0.39, 0.29) is 0 Å². The van der Waals surface area contributed by atoms with Crippen molar-refractivity contribution >= 4 is 63.0 Å². The normalized spacial score (nSPS) is 11.6. The van der Waals surface area contributed by atoms with Crippen LogP contribution in [-0.4, -0.2) is 15.0 Å². The van der Waals surface area contributed by atoms with Crippen molar-refractivity contribution in [1.82, 2.24) is 15.0 Å². The number of benzene rings is 7. The predicted molar refractivity (Wildman–Crippen MR) is 213 cm³/mol. The van der Waals surface area contributed by atoms with Gasteiger partial charge < -0.3 is 0 Å². The molecule has 3 heterocycles. The van der Waals surface area contributed by atoms with Crippen LogP contribution in [0.1, 0.15) is 0 Å². The molecule has 0 unspecified atom stereocenters. The summed E-state index contributed by atoms with van der Waals surface area (Å²) in [6, 6.07) is 57.9. The van der Waals surface area contributed by atoms with Gasteiger partial charge in [0.1, 0.15) is 0 Å². The minimum absolute atomic E-state index is 0.649. The molecule has 10 aromatic rings. The van der Waals surface area contributed by atoms with Gasteiger partial charge in [-0.1, -0.05) is 133 Å². The summed E-state index contributed by atoms with van der Waals surface area (Å²) < 4.78 is 5.19. The number of fused-ring (bicyclic) bond motifs is 6. The van der Waals surface area contributed by atoms with Crippen molar-refractivity contribution in [1.29, 1.82) is 0 Å². The van der Waals surface area contributed by atoms with Gasteiger partial charge in [0.05, 0.1) is 0 Å². The van der Waals surface area contributed by atoms with E-state index in [0.717, 1.165) is 22.3 Å². The van der Waals surface area contributed by atoms with Gasteiger partial charge in [-0.2, -0.15) is 0 Å². The molecule has 0 radical (unpaired) electrons. The maximum Gasteiger partial charge on any atom is 0.164 e. The van der Waals surface area contributed by atoms with Crippen molar-refractivity contribution in [3.05, 3.63) is 164 Å². The first-order valence-corrected chi connectivity index (χ1v) is 18.2. The van der Waals surface area contributed by atoms with Crippen LogP contribution >= 0.6 is 22.7 Å². The van der Waals surface area contributed by atoms with Gasteiger partial charge in [0, 0.05) is 57.0 Å². The summed E-state index contributed by atoms with van der Waals surface area (Å²) >= 11 is 3.68. The Kier molecular flexibility index (Phi) is 6.86. The van der Waals surface area contributed by atoms with Crippen LogP contribution in [0.15, 0.2) is 164 Å². The van der Waals surface area contributed by atoms with Gasteiger partial charge in [0.25, 0.3) is 0 Å². The quantitative estimate of drug-likeness (QED) is 0.182. The monoisotopic (exact) mass is 673 g/mol. The van der Waals surface area contributed by atoms with Gasteiger partial charge in [-0.05, 0) is 52.6 Å². The first-order valence-electron chi connectivity index (χ1n) is 16.6. The summed E-state index contributed by atoms with van der Waals surface area (Å²) in [5.74, 6) is 1.95. The summed E-state index contributed by atoms with van der Waals surface area (Å²) in [7, 11) is 0. The summed E-state index contributed by atoms with van der Waals surface area (Å²) in [4.78, 5) is 15.2. The molecule has 3 aromatic heterocycles. The van der Waals surface area contributed by atoms with Gasteiger partial charge in [0.2, 0.25) is 0 Å². The lowest BCUT2D eigenvalue weighted by molar-refractivity contribution is 1.07. The van der Waals surface area contributed by atoms with Crippen LogP contribution in [0.2, 0.25) is 0 Å². The highest BCUT2D eigenvalue weighted by molar-refractivity contribution is 7.26. The summed E-state index contributed by atoms with van der Waals surface area (Å²) in [6.45, 7) is 0. The van der Waals surface area contributed by atoms with E-state index in [4.69, 9.17) is 15.0 Å². The molecular formula is C45H27N3S2. The minimum Gasteiger partial charge on any atom is -0.208 e. The average Bonchev–Trinajstić information content (AvgIpc) is 3.77. The van der Waals surface area contributed by atoms with Gasteiger partial charge in [-0.25, -0.2) is 15.0 Å². The zero-order valence-corrected chi connectivity index (χ0v) is 28.4. The van der Waals surface area contributed by atoms with Crippen molar-refractivity contribution in [2.45, 2.75) is 0 Å². The van der Waals surface area contributed by atoms with Crippen LogP contribution in [0.25, 0.3) is 96.8 Å². The number of hydrogen-bond acceptors (Lipinski definition) is 5. The predicted octanol–water partition coefficient (Wildman–Crippen LogP) is 12.9. The van der Waals surface area contributed by atoms with E-state index in [0.29, 0.717) is 17.5 Å². The largest absolute Gasteiger partial charge is 0.208 e. The summed E-state index contributed by atoms with van der Waals surface area (Å²) in [5, 5.41) is 5.18. The fraction of sp³-hybridized carbons (Fsp3) is 0. The maximum atomic E-state index is 5.10. The van der Waals surface area contributed by atoms with Gasteiger partial charge in [-0.15, -0.1) is 22.7 Å². The van der Waals surface area contributed by atoms with E-state index >= 15 is 0 Å². The van der Waals surface area contributed by atoms with E-state index in [9.17, 15) is 0 Å². The molecule has 0 aliphatic rings. The van der Waals surface area contributed by atoms with E-state index in [1.54, 1.807) is 0 Å². The lowest BCUT2D eigenvalue weighted by atomic mass is 9.97. The first kappa shape index (κ1) is 29.0. The molecule has 0 N–H and O–H groups in total. The van der Waals surface area contributed by atoms with Crippen molar-refractivity contribution < 1.29 is 0 Å². The second-order valence-corrected chi connectivity index (χ2v) is 14.6. The number of nitrogens with zero attached hydrogens (tertiary/aromatic N) is 3. The van der Waals surface area contributed by atoms with Crippen molar-refractivity contribution in [2.24, 2.45) is 0 Å². The minimum atomic E-state index is 0.649. The number of rotatable bonds is 5. The van der Waals surface area contributed by atoms with Crippen molar-refractivity contribution in [2.75, 3.05) is 0 Å². The second-order valence-electron chi connectivity index (χ2n) is 12.4. The molecule has 10 rings (SSSR count). The Morgan fingerprint density at radius 1 is 0.300 bits per heavy atom. The van der Waals surface area contributed by atoms with Crippen LogP contribution in [0.5, 0.6) is 0 Å². The molecule has 5 heteroatoms. The molecule has 234 valence electrons. The highest BCUT2D eigenvalue weighted by atomic mass is 32.1. The third kappa shape index (κ3) is 4.90. The van der Waals surface area contributed by atoms with Crippen molar-refractivity contribution in [3.63, 3.8) is 0 Å². The Hall–Kier alpha value is -6.01. The Bertz CT molecular complexity index is 2870. The molecule has 0 atom stereocenters.